The molecule has 0 bridgehead atoms. The minimum atomic E-state index is -0.424. The van der Waals surface area contributed by atoms with Gasteiger partial charge in [-0.1, -0.05) is 12.1 Å². The highest BCUT2D eigenvalue weighted by Crippen LogP contribution is 2.44. The number of ether oxygens (including phenoxy) is 1. The van der Waals surface area contributed by atoms with Gasteiger partial charge >= 0.3 is 0 Å². The van der Waals surface area contributed by atoms with Crippen LogP contribution in [0.5, 0.6) is 5.75 Å². The fraction of sp³-hybridized carbons (Fsp3) is 0.412. The first-order chi connectivity index (χ1) is 11.2. The molecule has 1 aliphatic carbocycles. The van der Waals surface area contributed by atoms with Crippen LogP contribution in [0.15, 0.2) is 21.6 Å². The topological polar surface area (TPSA) is 52.3 Å². The van der Waals surface area contributed by atoms with E-state index in [4.69, 9.17) is 9.26 Å². The second-order valence-corrected chi connectivity index (χ2v) is 6.88. The molecule has 0 radical (unpaired) electrons. The van der Waals surface area contributed by atoms with E-state index in [0.29, 0.717) is 52.2 Å². The standard InChI is InChI=1S/C17H16FNO3S/c1-2-12-13(15(22-19-12)9-3-4-9)14(20)10-5-6-11(18)16-17(10)23-8-7-21-16/h5-6,9H,2-4,7-8H2,1H3. The van der Waals surface area contributed by atoms with E-state index >= 15 is 0 Å². The molecule has 0 saturated heterocycles. The molecule has 0 N–H and O–H groups in total. The zero-order chi connectivity index (χ0) is 16.0. The molecule has 2 heterocycles. The summed E-state index contributed by atoms with van der Waals surface area (Å²) in [7, 11) is 0. The van der Waals surface area contributed by atoms with Gasteiger partial charge in [0.05, 0.1) is 22.8 Å². The molecule has 0 atom stereocenters. The SMILES string of the molecule is CCc1noc(C2CC2)c1C(=O)c1ccc(F)c2c1SCCO2. The van der Waals surface area contributed by atoms with E-state index in [1.165, 1.54) is 17.8 Å². The lowest BCUT2D eigenvalue weighted by molar-refractivity contribution is 0.103. The Bertz CT molecular complexity index is 782. The molecule has 2 aromatic rings. The van der Waals surface area contributed by atoms with Crippen molar-refractivity contribution >= 4 is 17.5 Å². The molecule has 2 aliphatic rings. The van der Waals surface area contributed by atoms with Gasteiger partial charge in [0.1, 0.15) is 0 Å². The summed E-state index contributed by atoms with van der Waals surface area (Å²) in [5.74, 6) is 1.31. The Balaban J connectivity index is 1.83. The molecule has 1 fully saturated rings. The number of halogens is 1. The Labute approximate surface area is 137 Å². The van der Waals surface area contributed by atoms with Crippen LogP contribution in [0.4, 0.5) is 4.39 Å². The lowest BCUT2D eigenvalue weighted by Gasteiger charge is -2.19. The predicted molar refractivity (Wildman–Crippen MR) is 83.9 cm³/mol. The summed E-state index contributed by atoms with van der Waals surface area (Å²) in [5.41, 5.74) is 1.72. The Hall–Kier alpha value is -1.82. The molecule has 120 valence electrons. The van der Waals surface area contributed by atoms with Crippen LogP contribution in [-0.2, 0) is 6.42 Å². The van der Waals surface area contributed by atoms with E-state index in [2.05, 4.69) is 5.16 Å². The molecule has 1 aliphatic heterocycles. The van der Waals surface area contributed by atoms with Crippen molar-refractivity contribution in [2.45, 2.75) is 37.0 Å². The number of rotatable bonds is 4. The number of carbonyl (C=O) groups excluding carboxylic acids is 1. The van der Waals surface area contributed by atoms with Gasteiger partial charge in [0.2, 0.25) is 0 Å². The van der Waals surface area contributed by atoms with Crippen LogP contribution in [0, 0.1) is 5.82 Å². The number of fused-ring (bicyclic) bond motifs is 1. The van der Waals surface area contributed by atoms with Crippen LogP contribution in [0.2, 0.25) is 0 Å². The Kier molecular flexibility index (Phi) is 3.64. The first-order valence-electron chi connectivity index (χ1n) is 7.82. The van der Waals surface area contributed by atoms with Crippen LogP contribution in [0.25, 0.3) is 0 Å². The maximum absolute atomic E-state index is 13.9. The lowest BCUT2D eigenvalue weighted by Crippen LogP contribution is -2.14. The second-order valence-electron chi connectivity index (χ2n) is 5.78. The van der Waals surface area contributed by atoms with Crippen LogP contribution < -0.4 is 4.74 Å². The fourth-order valence-electron chi connectivity index (χ4n) is 2.86. The molecule has 4 rings (SSSR count). The lowest BCUT2D eigenvalue weighted by atomic mass is 9.98. The molecule has 23 heavy (non-hydrogen) atoms. The number of nitrogens with zero attached hydrogens (tertiary/aromatic N) is 1. The third-order valence-electron chi connectivity index (χ3n) is 4.18. The number of hydrogen-bond donors (Lipinski definition) is 0. The van der Waals surface area contributed by atoms with Gasteiger partial charge in [0, 0.05) is 17.2 Å². The zero-order valence-corrected chi connectivity index (χ0v) is 13.5. The smallest absolute Gasteiger partial charge is 0.199 e. The minimum Gasteiger partial charge on any atom is -0.488 e. The molecular formula is C17H16FNO3S. The maximum atomic E-state index is 13.9. The predicted octanol–water partition coefficient (Wildman–Crippen LogP) is 3.97. The fourth-order valence-corrected chi connectivity index (χ4v) is 3.84. The molecule has 4 nitrogen and oxygen atoms in total. The van der Waals surface area contributed by atoms with Crippen LogP contribution in [0.3, 0.4) is 0 Å². The van der Waals surface area contributed by atoms with E-state index in [0.717, 1.165) is 12.8 Å². The van der Waals surface area contributed by atoms with Gasteiger partial charge in [-0.15, -0.1) is 11.8 Å². The number of hydrogen-bond acceptors (Lipinski definition) is 5. The van der Waals surface area contributed by atoms with Gasteiger partial charge < -0.3 is 9.26 Å². The number of aromatic nitrogens is 1. The van der Waals surface area contributed by atoms with Crippen molar-refractivity contribution in [3.63, 3.8) is 0 Å². The summed E-state index contributed by atoms with van der Waals surface area (Å²) >= 11 is 1.46. The van der Waals surface area contributed by atoms with Crippen molar-refractivity contribution in [1.82, 2.24) is 5.16 Å². The summed E-state index contributed by atoms with van der Waals surface area (Å²) in [6, 6.07) is 2.84. The normalized spacial score (nSPS) is 16.8. The number of thioether (sulfide) groups is 1. The van der Waals surface area contributed by atoms with Crippen molar-refractivity contribution in [3.05, 3.63) is 40.5 Å². The summed E-state index contributed by atoms with van der Waals surface area (Å²) in [6.07, 6.45) is 2.68. The van der Waals surface area contributed by atoms with Crippen molar-refractivity contribution in [1.29, 1.82) is 0 Å². The van der Waals surface area contributed by atoms with Gasteiger partial charge in [-0.05, 0) is 31.4 Å². The van der Waals surface area contributed by atoms with Gasteiger partial charge in [-0.2, -0.15) is 0 Å². The highest BCUT2D eigenvalue weighted by atomic mass is 32.2. The maximum Gasteiger partial charge on any atom is 0.199 e. The first-order valence-corrected chi connectivity index (χ1v) is 8.80. The number of ketones is 1. The van der Waals surface area contributed by atoms with Crippen LogP contribution >= 0.6 is 11.8 Å². The molecule has 1 aromatic heterocycles. The van der Waals surface area contributed by atoms with Crippen molar-refractivity contribution < 1.29 is 18.4 Å². The second kappa shape index (κ2) is 5.67. The quantitative estimate of drug-likeness (QED) is 0.793. The Morgan fingerprint density at radius 3 is 3.00 bits per heavy atom. The van der Waals surface area contributed by atoms with Crippen molar-refractivity contribution in [3.8, 4) is 5.75 Å². The third-order valence-corrected chi connectivity index (χ3v) is 5.25. The minimum absolute atomic E-state index is 0.140. The van der Waals surface area contributed by atoms with E-state index in [1.807, 2.05) is 6.92 Å². The summed E-state index contributed by atoms with van der Waals surface area (Å²) in [5, 5.41) is 4.06. The van der Waals surface area contributed by atoms with E-state index in [-0.39, 0.29) is 11.5 Å². The average molecular weight is 333 g/mol. The van der Waals surface area contributed by atoms with Gasteiger partial charge in [-0.3, -0.25) is 4.79 Å². The summed E-state index contributed by atoms with van der Waals surface area (Å²) in [4.78, 5) is 13.7. The molecule has 6 heteroatoms. The monoisotopic (exact) mass is 333 g/mol. The Morgan fingerprint density at radius 1 is 1.43 bits per heavy atom. The molecule has 0 amide bonds. The number of aryl methyl sites for hydroxylation is 1. The highest BCUT2D eigenvalue weighted by molar-refractivity contribution is 7.99. The first kappa shape index (κ1) is 14.8. The molecule has 0 spiro atoms. The summed E-state index contributed by atoms with van der Waals surface area (Å²) in [6.45, 7) is 2.40. The molecule has 1 aromatic carbocycles. The largest absolute Gasteiger partial charge is 0.488 e. The van der Waals surface area contributed by atoms with Crippen molar-refractivity contribution in [2.75, 3.05) is 12.4 Å². The van der Waals surface area contributed by atoms with Crippen LogP contribution in [0.1, 0.15) is 53.1 Å². The van der Waals surface area contributed by atoms with Crippen LogP contribution in [-0.4, -0.2) is 23.3 Å². The van der Waals surface area contributed by atoms with Gasteiger partial charge in [-0.25, -0.2) is 4.39 Å². The number of benzene rings is 1. The third kappa shape index (κ3) is 2.45. The van der Waals surface area contributed by atoms with Gasteiger partial charge in [0.25, 0.3) is 0 Å². The number of carbonyl (C=O) groups is 1. The van der Waals surface area contributed by atoms with E-state index in [9.17, 15) is 9.18 Å². The Morgan fingerprint density at radius 2 is 2.26 bits per heavy atom. The zero-order valence-electron chi connectivity index (χ0n) is 12.7. The highest BCUT2D eigenvalue weighted by Gasteiger charge is 2.36. The molecule has 1 saturated carbocycles. The summed E-state index contributed by atoms with van der Waals surface area (Å²) < 4.78 is 24.8. The van der Waals surface area contributed by atoms with Gasteiger partial charge in [0.15, 0.2) is 23.1 Å². The average Bonchev–Trinajstić information content (AvgIpc) is 3.33. The van der Waals surface area contributed by atoms with E-state index < -0.39 is 5.82 Å². The van der Waals surface area contributed by atoms with E-state index in [1.54, 1.807) is 6.07 Å². The molecule has 0 unspecified atom stereocenters. The molecular weight excluding hydrogens is 317 g/mol. The van der Waals surface area contributed by atoms with Crippen molar-refractivity contribution in [2.24, 2.45) is 0 Å².